The second kappa shape index (κ2) is 7.36. The lowest BCUT2D eigenvalue weighted by molar-refractivity contribution is 0.0697. The van der Waals surface area contributed by atoms with Crippen molar-refractivity contribution in [2.75, 3.05) is 33.0 Å². The Kier molecular flexibility index (Phi) is 4.76. The predicted octanol–water partition coefficient (Wildman–Crippen LogP) is 1.48. The summed E-state index contributed by atoms with van der Waals surface area (Å²) in [6.45, 7) is 1.10. The van der Waals surface area contributed by atoms with Crippen LogP contribution in [0, 0.1) is 0 Å². The highest BCUT2D eigenvalue weighted by Gasteiger charge is 2.31. The van der Waals surface area contributed by atoms with E-state index in [0.29, 0.717) is 27.3 Å². The zero-order valence-electron chi connectivity index (χ0n) is 16.6. The van der Waals surface area contributed by atoms with Crippen molar-refractivity contribution in [1.82, 2.24) is 13.8 Å². The molecule has 5 rings (SSSR count). The van der Waals surface area contributed by atoms with E-state index in [9.17, 15) is 18.0 Å². The van der Waals surface area contributed by atoms with Gasteiger partial charge in [0, 0.05) is 38.8 Å². The molecule has 0 N–H and O–H groups in total. The van der Waals surface area contributed by atoms with Crippen molar-refractivity contribution >= 4 is 37.5 Å². The van der Waals surface area contributed by atoms with Crippen LogP contribution in [0.4, 0.5) is 0 Å². The first-order chi connectivity index (χ1) is 14.8. The molecular formula is C20H19N3O6S2. The third kappa shape index (κ3) is 3.38. The fourth-order valence-electron chi connectivity index (χ4n) is 3.77. The van der Waals surface area contributed by atoms with E-state index in [1.54, 1.807) is 42.3 Å². The maximum Gasteiger partial charge on any atom is 0.307 e. The number of amides is 1. The second-order valence-electron chi connectivity index (χ2n) is 7.32. The Morgan fingerprint density at radius 3 is 2.52 bits per heavy atom. The van der Waals surface area contributed by atoms with Crippen LogP contribution in [0.2, 0.25) is 0 Å². The van der Waals surface area contributed by atoms with E-state index < -0.39 is 10.0 Å². The van der Waals surface area contributed by atoms with Crippen molar-refractivity contribution in [3.8, 4) is 11.5 Å². The summed E-state index contributed by atoms with van der Waals surface area (Å²) in [5.41, 5.74) is 1.18. The minimum Gasteiger partial charge on any atom is -0.454 e. The summed E-state index contributed by atoms with van der Waals surface area (Å²) in [7, 11) is -2.07. The number of nitrogens with zero attached hydrogens (tertiary/aromatic N) is 3. The molecule has 11 heteroatoms. The number of sulfonamides is 1. The number of carbonyl (C=O) groups is 1. The van der Waals surface area contributed by atoms with Crippen molar-refractivity contribution < 1.29 is 22.7 Å². The molecule has 1 fully saturated rings. The smallest absolute Gasteiger partial charge is 0.307 e. The number of hydrogen-bond donors (Lipinski definition) is 0. The molecule has 2 aliphatic rings. The number of hydrogen-bond acceptors (Lipinski definition) is 7. The molecular weight excluding hydrogens is 442 g/mol. The summed E-state index contributed by atoms with van der Waals surface area (Å²) >= 11 is 1.02. The lowest BCUT2D eigenvalue weighted by Gasteiger charge is -2.34. The summed E-state index contributed by atoms with van der Waals surface area (Å²) in [6.07, 6.45) is 0. The highest BCUT2D eigenvalue weighted by atomic mass is 32.2. The number of thiazole rings is 1. The van der Waals surface area contributed by atoms with Gasteiger partial charge < -0.3 is 18.9 Å². The molecule has 3 heterocycles. The van der Waals surface area contributed by atoms with Crippen molar-refractivity contribution in [3.63, 3.8) is 0 Å². The summed E-state index contributed by atoms with van der Waals surface area (Å²) in [4.78, 5) is 26.3. The Balaban J connectivity index is 1.31. The minimum atomic E-state index is -3.72. The van der Waals surface area contributed by atoms with Gasteiger partial charge in [0.05, 0.1) is 15.1 Å². The van der Waals surface area contributed by atoms with Gasteiger partial charge in [-0.1, -0.05) is 11.3 Å². The number of ether oxygens (including phenoxy) is 2. The van der Waals surface area contributed by atoms with Gasteiger partial charge in [0.25, 0.3) is 5.91 Å². The number of aromatic nitrogens is 1. The van der Waals surface area contributed by atoms with Gasteiger partial charge in [0.2, 0.25) is 16.8 Å². The Labute approximate surface area is 182 Å². The van der Waals surface area contributed by atoms with E-state index in [-0.39, 0.29) is 48.6 Å². The molecule has 0 saturated carbocycles. The SMILES string of the molecule is Cn1c(=O)sc2cc(S(=O)(=O)N3CCN(C(=O)c4ccc5c(c4)OCO5)CC3)ccc21. The van der Waals surface area contributed by atoms with E-state index >= 15 is 0 Å². The summed E-state index contributed by atoms with van der Waals surface area (Å²) in [6, 6.07) is 9.74. The molecule has 0 radical (unpaired) electrons. The first-order valence-corrected chi connectivity index (χ1v) is 11.9. The fourth-order valence-corrected chi connectivity index (χ4v) is 6.21. The van der Waals surface area contributed by atoms with Crippen LogP contribution in [-0.4, -0.2) is 61.1 Å². The molecule has 0 aliphatic carbocycles. The Hall–Kier alpha value is -2.89. The minimum absolute atomic E-state index is 0.134. The highest BCUT2D eigenvalue weighted by molar-refractivity contribution is 7.89. The van der Waals surface area contributed by atoms with Gasteiger partial charge in [-0.05, 0) is 36.4 Å². The second-order valence-corrected chi connectivity index (χ2v) is 10.3. The van der Waals surface area contributed by atoms with Crippen molar-refractivity contribution in [1.29, 1.82) is 0 Å². The molecule has 0 unspecified atom stereocenters. The topological polar surface area (TPSA) is 98.2 Å². The number of aryl methyl sites for hydroxylation is 1. The molecule has 3 aromatic rings. The summed E-state index contributed by atoms with van der Waals surface area (Å²) in [5, 5.41) is 0. The predicted molar refractivity (Wildman–Crippen MR) is 114 cm³/mol. The zero-order valence-corrected chi connectivity index (χ0v) is 18.2. The zero-order chi connectivity index (χ0) is 21.8. The Morgan fingerprint density at radius 2 is 1.74 bits per heavy atom. The maximum atomic E-state index is 13.1. The van der Waals surface area contributed by atoms with E-state index in [0.717, 1.165) is 11.3 Å². The molecule has 31 heavy (non-hydrogen) atoms. The van der Waals surface area contributed by atoms with Gasteiger partial charge in [0.1, 0.15) is 0 Å². The summed E-state index contributed by atoms with van der Waals surface area (Å²) in [5.74, 6) is 0.962. The lowest BCUT2D eigenvalue weighted by atomic mass is 10.1. The van der Waals surface area contributed by atoms with Crippen LogP contribution in [0.1, 0.15) is 10.4 Å². The third-order valence-corrected chi connectivity index (χ3v) is 8.44. The first-order valence-electron chi connectivity index (χ1n) is 9.63. The number of fused-ring (bicyclic) bond motifs is 2. The van der Waals surface area contributed by atoms with Gasteiger partial charge in [-0.25, -0.2) is 8.42 Å². The van der Waals surface area contributed by atoms with Gasteiger partial charge in [-0.3, -0.25) is 9.59 Å². The molecule has 9 nitrogen and oxygen atoms in total. The van der Waals surface area contributed by atoms with Gasteiger partial charge in [-0.15, -0.1) is 0 Å². The largest absolute Gasteiger partial charge is 0.454 e. The fraction of sp³-hybridized carbons (Fsp3) is 0.300. The maximum absolute atomic E-state index is 13.1. The summed E-state index contributed by atoms with van der Waals surface area (Å²) < 4.78 is 40.3. The van der Waals surface area contributed by atoms with Crippen LogP contribution < -0.4 is 14.3 Å². The normalized spacial score (nSPS) is 16.7. The Bertz CT molecular complexity index is 1350. The van der Waals surface area contributed by atoms with Gasteiger partial charge in [0.15, 0.2) is 11.5 Å². The molecule has 2 aromatic carbocycles. The molecule has 0 spiro atoms. The van der Waals surface area contributed by atoms with Crippen LogP contribution in [0.25, 0.3) is 10.2 Å². The highest BCUT2D eigenvalue weighted by Crippen LogP contribution is 2.33. The standard InChI is InChI=1S/C20H19N3O6S2/c1-21-15-4-3-14(11-18(15)30-20(21)25)31(26,27)23-8-6-22(7-9-23)19(24)13-2-5-16-17(10-13)29-12-28-16/h2-5,10-11H,6-9,12H2,1H3. The Morgan fingerprint density at radius 1 is 1.00 bits per heavy atom. The monoisotopic (exact) mass is 461 g/mol. The van der Waals surface area contributed by atoms with E-state index in [1.165, 1.54) is 14.9 Å². The van der Waals surface area contributed by atoms with Crippen LogP contribution in [0.3, 0.4) is 0 Å². The number of piperazine rings is 1. The van der Waals surface area contributed by atoms with Crippen molar-refractivity contribution in [3.05, 3.63) is 51.6 Å². The van der Waals surface area contributed by atoms with E-state index in [1.807, 2.05) is 0 Å². The van der Waals surface area contributed by atoms with Crippen LogP contribution in [0.15, 0.2) is 46.1 Å². The molecule has 0 bridgehead atoms. The average molecular weight is 462 g/mol. The van der Waals surface area contributed by atoms with Crippen LogP contribution >= 0.6 is 11.3 Å². The molecule has 162 valence electrons. The van der Waals surface area contributed by atoms with Crippen LogP contribution in [-0.2, 0) is 17.1 Å². The number of benzene rings is 2. The van der Waals surface area contributed by atoms with E-state index in [2.05, 4.69) is 0 Å². The number of carbonyl (C=O) groups excluding carboxylic acids is 1. The van der Waals surface area contributed by atoms with Gasteiger partial charge in [-0.2, -0.15) is 4.31 Å². The quantitative estimate of drug-likeness (QED) is 0.586. The number of rotatable bonds is 3. The first kappa shape index (κ1) is 20.0. The van der Waals surface area contributed by atoms with Crippen molar-refractivity contribution in [2.45, 2.75) is 4.90 Å². The average Bonchev–Trinajstić information content (AvgIpc) is 3.36. The third-order valence-electron chi connectivity index (χ3n) is 5.55. The van der Waals surface area contributed by atoms with Gasteiger partial charge >= 0.3 is 4.87 Å². The molecule has 2 aliphatic heterocycles. The lowest BCUT2D eigenvalue weighted by Crippen LogP contribution is -2.50. The molecule has 1 aromatic heterocycles. The molecule has 0 atom stereocenters. The molecule has 1 amide bonds. The van der Waals surface area contributed by atoms with Crippen LogP contribution in [0.5, 0.6) is 11.5 Å². The van der Waals surface area contributed by atoms with E-state index in [4.69, 9.17) is 9.47 Å². The molecule has 1 saturated heterocycles. The van der Waals surface area contributed by atoms with Crippen molar-refractivity contribution in [2.24, 2.45) is 7.05 Å².